The molecule has 1 aliphatic heterocycles. The summed E-state index contributed by atoms with van der Waals surface area (Å²) in [6.07, 6.45) is 3.61. The van der Waals surface area contributed by atoms with Gasteiger partial charge in [-0.15, -0.1) is 12.6 Å². The SMILES string of the molecule is CC.O.O.Sc1ccccc1CNc1ccnc(OC2CCOCC2)n1. The number of hydrogen-bond acceptors (Lipinski definition) is 6. The lowest BCUT2D eigenvalue weighted by atomic mass is 10.2. The second-order valence-electron chi connectivity index (χ2n) is 5.14. The minimum absolute atomic E-state index is 0. The van der Waals surface area contributed by atoms with Crippen LogP contribution in [0.25, 0.3) is 0 Å². The third kappa shape index (κ3) is 7.57. The number of aromatic nitrogens is 2. The summed E-state index contributed by atoms with van der Waals surface area (Å²) in [6.45, 7) is 6.13. The molecule has 0 amide bonds. The maximum Gasteiger partial charge on any atom is 0.318 e. The van der Waals surface area contributed by atoms with Gasteiger partial charge in [0.25, 0.3) is 0 Å². The highest BCUT2D eigenvalue weighted by Crippen LogP contribution is 2.17. The number of benzene rings is 1. The lowest BCUT2D eigenvalue weighted by molar-refractivity contribution is 0.0217. The summed E-state index contributed by atoms with van der Waals surface area (Å²) < 4.78 is 11.1. The van der Waals surface area contributed by atoms with E-state index >= 15 is 0 Å². The zero-order valence-electron chi connectivity index (χ0n) is 15.2. The summed E-state index contributed by atoms with van der Waals surface area (Å²) in [5.74, 6) is 0.744. The maximum atomic E-state index is 5.81. The third-order valence-corrected chi connectivity index (χ3v) is 3.96. The predicted octanol–water partition coefficient (Wildman–Crippen LogP) is 2.31. The van der Waals surface area contributed by atoms with Crippen molar-refractivity contribution in [2.75, 3.05) is 18.5 Å². The van der Waals surface area contributed by atoms with E-state index in [4.69, 9.17) is 9.47 Å². The van der Waals surface area contributed by atoms with E-state index in [1.807, 2.05) is 44.2 Å². The van der Waals surface area contributed by atoms with Crippen LogP contribution in [0.4, 0.5) is 5.82 Å². The molecule has 0 aliphatic carbocycles. The van der Waals surface area contributed by atoms with Crippen molar-refractivity contribution < 1.29 is 20.4 Å². The van der Waals surface area contributed by atoms with Gasteiger partial charge in [-0.3, -0.25) is 0 Å². The summed E-state index contributed by atoms with van der Waals surface area (Å²) in [4.78, 5) is 9.54. The minimum Gasteiger partial charge on any atom is -0.460 e. The van der Waals surface area contributed by atoms with E-state index in [0.717, 1.165) is 42.3 Å². The monoisotopic (exact) mass is 383 g/mol. The largest absolute Gasteiger partial charge is 0.460 e. The van der Waals surface area contributed by atoms with Gasteiger partial charge in [-0.25, -0.2) is 4.98 Å². The van der Waals surface area contributed by atoms with Crippen molar-refractivity contribution >= 4 is 18.4 Å². The van der Waals surface area contributed by atoms with Crippen LogP contribution in [0.3, 0.4) is 0 Å². The van der Waals surface area contributed by atoms with Gasteiger partial charge < -0.3 is 25.7 Å². The van der Waals surface area contributed by atoms with Crippen LogP contribution in [0, 0.1) is 0 Å². The summed E-state index contributed by atoms with van der Waals surface area (Å²) in [6, 6.07) is 10.2. The van der Waals surface area contributed by atoms with Crippen molar-refractivity contribution in [1.82, 2.24) is 9.97 Å². The Kier molecular flexibility index (Phi) is 12.4. The van der Waals surface area contributed by atoms with Crippen molar-refractivity contribution in [3.05, 3.63) is 42.1 Å². The van der Waals surface area contributed by atoms with Gasteiger partial charge in [-0.2, -0.15) is 4.98 Å². The molecule has 0 atom stereocenters. The number of rotatable bonds is 5. The van der Waals surface area contributed by atoms with Gasteiger partial charge in [0.05, 0.1) is 13.2 Å². The second-order valence-corrected chi connectivity index (χ2v) is 5.62. The highest BCUT2D eigenvalue weighted by atomic mass is 32.1. The Labute approximate surface area is 160 Å². The zero-order valence-corrected chi connectivity index (χ0v) is 16.1. The lowest BCUT2D eigenvalue weighted by Crippen LogP contribution is -2.26. The van der Waals surface area contributed by atoms with Gasteiger partial charge in [0.1, 0.15) is 11.9 Å². The van der Waals surface area contributed by atoms with Crippen LogP contribution in [-0.2, 0) is 11.3 Å². The third-order valence-electron chi connectivity index (χ3n) is 3.53. The summed E-state index contributed by atoms with van der Waals surface area (Å²) >= 11 is 4.44. The van der Waals surface area contributed by atoms with E-state index in [1.54, 1.807) is 6.20 Å². The van der Waals surface area contributed by atoms with E-state index in [1.165, 1.54) is 0 Å². The fourth-order valence-electron chi connectivity index (χ4n) is 2.29. The van der Waals surface area contributed by atoms with Crippen molar-refractivity contribution in [2.24, 2.45) is 0 Å². The molecule has 0 bridgehead atoms. The molecule has 1 saturated heterocycles. The summed E-state index contributed by atoms with van der Waals surface area (Å²) in [7, 11) is 0. The molecule has 8 heteroatoms. The van der Waals surface area contributed by atoms with Crippen molar-refractivity contribution in [3.63, 3.8) is 0 Å². The molecule has 146 valence electrons. The molecule has 1 aromatic carbocycles. The second kappa shape index (κ2) is 13.3. The average molecular weight is 384 g/mol. The molecule has 0 radical (unpaired) electrons. The van der Waals surface area contributed by atoms with Crippen molar-refractivity contribution in [2.45, 2.75) is 44.2 Å². The number of ether oxygens (including phenoxy) is 2. The molecular weight excluding hydrogens is 354 g/mol. The molecule has 2 aromatic rings. The number of thiol groups is 1. The Hall–Kier alpha value is -1.87. The number of hydrogen-bond donors (Lipinski definition) is 2. The molecule has 26 heavy (non-hydrogen) atoms. The van der Waals surface area contributed by atoms with Crippen molar-refractivity contribution in [3.8, 4) is 6.01 Å². The Morgan fingerprint density at radius 1 is 1.15 bits per heavy atom. The standard InChI is InChI=1S/C16H19N3O2S.C2H6.2H2O/c22-14-4-2-1-3-12(14)11-18-15-5-8-17-16(19-15)21-13-6-9-20-10-7-13;1-2;;/h1-5,8,13,22H,6-7,9-11H2,(H,17,18,19);1-2H3;2*1H2. The highest BCUT2D eigenvalue weighted by Gasteiger charge is 2.16. The zero-order chi connectivity index (χ0) is 17.2. The van der Waals surface area contributed by atoms with Crippen LogP contribution in [-0.4, -0.2) is 40.2 Å². The molecule has 1 aromatic heterocycles. The Morgan fingerprint density at radius 2 is 1.85 bits per heavy atom. The fourth-order valence-corrected chi connectivity index (χ4v) is 2.52. The van der Waals surface area contributed by atoms with Crippen LogP contribution in [0.2, 0.25) is 0 Å². The molecule has 3 rings (SSSR count). The van der Waals surface area contributed by atoms with Crippen LogP contribution in [0.1, 0.15) is 32.3 Å². The molecule has 0 unspecified atom stereocenters. The van der Waals surface area contributed by atoms with Gasteiger partial charge >= 0.3 is 6.01 Å². The van der Waals surface area contributed by atoms with Crippen LogP contribution < -0.4 is 10.1 Å². The first-order chi connectivity index (χ1) is 11.8. The molecule has 1 fully saturated rings. The Bertz CT molecular complexity index is 625. The Morgan fingerprint density at radius 3 is 2.54 bits per heavy atom. The van der Waals surface area contributed by atoms with Crippen LogP contribution in [0.15, 0.2) is 41.4 Å². The first-order valence-electron chi connectivity index (χ1n) is 8.39. The van der Waals surface area contributed by atoms with Gasteiger partial charge in [0.15, 0.2) is 0 Å². The topological polar surface area (TPSA) is 119 Å². The smallest absolute Gasteiger partial charge is 0.318 e. The average Bonchev–Trinajstić information content (AvgIpc) is 2.64. The minimum atomic E-state index is 0. The van der Waals surface area contributed by atoms with Gasteiger partial charge in [-0.05, 0) is 17.7 Å². The van der Waals surface area contributed by atoms with Crippen molar-refractivity contribution in [1.29, 1.82) is 0 Å². The molecule has 0 saturated carbocycles. The van der Waals surface area contributed by atoms with Gasteiger partial charge in [-0.1, -0.05) is 32.0 Å². The van der Waals surface area contributed by atoms with Crippen LogP contribution >= 0.6 is 12.6 Å². The highest BCUT2D eigenvalue weighted by molar-refractivity contribution is 7.80. The summed E-state index contributed by atoms with van der Waals surface area (Å²) in [5, 5.41) is 3.27. The van der Waals surface area contributed by atoms with E-state index in [-0.39, 0.29) is 17.1 Å². The molecule has 1 aliphatic rings. The quantitative estimate of drug-likeness (QED) is 0.768. The molecular formula is C18H29N3O4S. The maximum absolute atomic E-state index is 5.81. The van der Waals surface area contributed by atoms with E-state index < -0.39 is 0 Å². The van der Waals surface area contributed by atoms with E-state index in [0.29, 0.717) is 12.6 Å². The van der Waals surface area contributed by atoms with E-state index in [2.05, 4.69) is 27.9 Å². The molecule has 7 nitrogen and oxygen atoms in total. The first kappa shape index (κ1) is 24.1. The number of anilines is 1. The van der Waals surface area contributed by atoms with Gasteiger partial charge in [0, 0.05) is 30.5 Å². The number of nitrogens with zero attached hydrogens (tertiary/aromatic N) is 2. The molecule has 0 spiro atoms. The lowest BCUT2D eigenvalue weighted by Gasteiger charge is -2.22. The molecule has 5 N–H and O–H groups in total. The summed E-state index contributed by atoms with van der Waals surface area (Å²) in [5.41, 5.74) is 1.12. The Balaban J connectivity index is 0.00000151. The van der Waals surface area contributed by atoms with E-state index in [9.17, 15) is 0 Å². The predicted molar refractivity (Wildman–Crippen MR) is 106 cm³/mol. The first-order valence-corrected chi connectivity index (χ1v) is 8.84. The van der Waals surface area contributed by atoms with Gasteiger partial charge in [0.2, 0.25) is 0 Å². The molecule has 2 heterocycles. The normalized spacial score (nSPS) is 13.3. The number of nitrogens with one attached hydrogen (secondary N) is 1. The van der Waals surface area contributed by atoms with Crippen LogP contribution in [0.5, 0.6) is 6.01 Å². The fraction of sp³-hybridized carbons (Fsp3) is 0.444.